The van der Waals surface area contributed by atoms with Crippen molar-refractivity contribution in [2.45, 2.75) is 24.7 Å². The summed E-state index contributed by atoms with van der Waals surface area (Å²) in [7, 11) is 0. The van der Waals surface area contributed by atoms with Gasteiger partial charge in [0, 0.05) is 28.9 Å². The molecule has 14 aromatic carbocycles. The van der Waals surface area contributed by atoms with Crippen LogP contribution in [0.5, 0.6) is 0 Å². The molecule has 14 rings (SSSR count). The highest BCUT2D eigenvalue weighted by Crippen LogP contribution is 2.39. The van der Waals surface area contributed by atoms with Crippen LogP contribution in [-0.2, 0) is 12.8 Å². The minimum absolute atomic E-state index is 0.194. The van der Waals surface area contributed by atoms with Gasteiger partial charge in [0.05, 0.1) is 0 Å². The molecule has 0 fully saturated rings. The standard InChI is InChI=1S/C90H69N/c1-7-19-66(20-8-1)63-90(83-47-39-73(40-48-83)69-21-9-2-10-22-69)84-53-41-74(42-54-84)71-35-31-67(32-36-71)64-88(79-25-13-4-14-26-79)81-49-43-75(44-50-81)76-45-51-82(52-46-76)89(80-27-15-5-16-28-80)65-68-33-37-72(38-34-68)78-57-61-87(62-58-78)91(85-29-17-6-18-30-85)86-59-55-77(56-60-86)70-23-11-3-12-24-70/h1-62,64,89-90H,63,65H2. The second-order valence-electron chi connectivity index (χ2n) is 23.6. The summed E-state index contributed by atoms with van der Waals surface area (Å²) in [4.78, 5) is 2.32. The van der Waals surface area contributed by atoms with Gasteiger partial charge in [0.15, 0.2) is 0 Å². The monoisotopic (exact) mass is 1160 g/mol. The molecule has 14 aromatic rings. The van der Waals surface area contributed by atoms with Crippen LogP contribution in [0.15, 0.2) is 376 Å². The van der Waals surface area contributed by atoms with E-state index in [0.717, 1.165) is 35.5 Å². The highest BCUT2D eigenvalue weighted by Gasteiger charge is 2.19. The Kier molecular flexibility index (Phi) is 17.2. The summed E-state index contributed by atoms with van der Waals surface area (Å²) >= 11 is 0. The predicted molar refractivity (Wildman–Crippen MR) is 385 cm³/mol. The van der Waals surface area contributed by atoms with Crippen LogP contribution >= 0.6 is 0 Å². The Balaban J connectivity index is 0.661. The van der Waals surface area contributed by atoms with Crippen molar-refractivity contribution in [1.29, 1.82) is 0 Å². The number of hydrogen-bond acceptors (Lipinski definition) is 1. The molecular weight excluding hydrogens is 1090 g/mol. The van der Waals surface area contributed by atoms with Crippen LogP contribution in [0.2, 0.25) is 0 Å². The summed E-state index contributed by atoms with van der Waals surface area (Å²) in [6, 6.07) is 137. The maximum Gasteiger partial charge on any atom is 0.0462 e. The average Bonchev–Trinajstić information content (AvgIpc) is 3.15. The van der Waals surface area contributed by atoms with Gasteiger partial charge in [-0.05, 0) is 167 Å². The number of anilines is 3. The van der Waals surface area contributed by atoms with Gasteiger partial charge in [0.2, 0.25) is 0 Å². The van der Waals surface area contributed by atoms with Crippen LogP contribution in [0.25, 0.3) is 67.3 Å². The fraction of sp³-hybridized carbons (Fsp3) is 0.0444. The molecule has 2 unspecified atom stereocenters. The quantitative estimate of drug-likeness (QED) is 0.0730. The summed E-state index contributed by atoms with van der Waals surface area (Å²) < 4.78 is 0. The second-order valence-corrected chi connectivity index (χ2v) is 23.6. The van der Waals surface area contributed by atoms with Gasteiger partial charge in [0.1, 0.15) is 0 Å². The minimum Gasteiger partial charge on any atom is -0.311 e. The van der Waals surface area contributed by atoms with Gasteiger partial charge in [-0.1, -0.05) is 340 Å². The van der Waals surface area contributed by atoms with Crippen molar-refractivity contribution in [3.05, 3.63) is 426 Å². The number of hydrogen-bond donors (Lipinski definition) is 0. The molecule has 0 N–H and O–H groups in total. The Bertz CT molecular complexity index is 4610. The maximum absolute atomic E-state index is 2.33. The fourth-order valence-corrected chi connectivity index (χ4v) is 12.8. The molecule has 434 valence electrons. The van der Waals surface area contributed by atoms with Crippen LogP contribution < -0.4 is 4.90 Å². The number of para-hydroxylation sites is 1. The SMILES string of the molecule is C(=C(c1ccccc1)c1ccc(-c2ccc(C(Cc3ccc(-c4ccc(N(c5ccccc5)c5ccc(-c6ccccc6)cc5)cc4)cc3)c3ccccc3)cc2)cc1)c1ccc(-c2ccc(C(Cc3ccccc3)c3ccc(-c4ccccc4)cc3)cc2)cc1. The highest BCUT2D eigenvalue weighted by atomic mass is 15.1. The van der Waals surface area contributed by atoms with E-state index in [1.165, 1.54) is 106 Å². The first-order chi connectivity index (χ1) is 45.1. The Hall–Kier alpha value is -11.4. The summed E-state index contributed by atoms with van der Waals surface area (Å²) in [5, 5.41) is 0. The Labute approximate surface area is 536 Å². The fourth-order valence-electron chi connectivity index (χ4n) is 12.8. The molecule has 0 heterocycles. The van der Waals surface area contributed by atoms with Gasteiger partial charge in [-0.25, -0.2) is 0 Å². The lowest BCUT2D eigenvalue weighted by molar-refractivity contribution is 0.805. The average molecular weight is 1160 g/mol. The van der Waals surface area contributed by atoms with Crippen LogP contribution in [-0.4, -0.2) is 0 Å². The van der Waals surface area contributed by atoms with Gasteiger partial charge in [-0.3, -0.25) is 0 Å². The summed E-state index contributed by atoms with van der Waals surface area (Å²) in [5.41, 5.74) is 28.0. The van der Waals surface area contributed by atoms with E-state index in [4.69, 9.17) is 0 Å². The lowest BCUT2D eigenvalue weighted by atomic mass is 9.84. The normalized spacial score (nSPS) is 12.0. The molecule has 2 atom stereocenters. The van der Waals surface area contributed by atoms with Crippen LogP contribution in [0, 0.1) is 0 Å². The molecule has 0 radical (unpaired) electrons. The molecule has 0 aromatic heterocycles. The number of rotatable bonds is 19. The predicted octanol–water partition coefficient (Wildman–Crippen LogP) is 23.8. The molecule has 0 amide bonds. The molecule has 1 heteroatoms. The van der Waals surface area contributed by atoms with E-state index in [2.05, 4.69) is 387 Å². The van der Waals surface area contributed by atoms with Crippen molar-refractivity contribution in [3.63, 3.8) is 0 Å². The van der Waals surface area contributed by atoms with Crippen LogP contribution in [0.3, 0.4) is 0 Å². The van der Waals surface area contributed by atoms with Crippen molar-refractivity contribution < 1.29 is 0 Å². The first kappa shape index (κ1) is 57.4. The molecule has 0 aliphatic carbocycles. The molecule has 0 aliphatic heterocycles. The van der Waals surface area contributed by atoms with E-state index in [1.807, 2.05) is 0 Å². The van der Waals surface area contributed by atoms with Gasteiger partial charge < -0.3 is 4.90 Å². The van der Waals surface area contributed by atoms with Crippen molar-refractivity contribution in [2.24, 2.45) is 0 Å². The zero-order chi connectivity index (χ0) is 61.0. The lowest BCUT2D eigenvalue weighted by Gasteiger charge is -2.26. The second kappa shape index (κ2) is 27.3. The topological polar surface area (TPSA) is 3.24 Å². The molecule has 1 nitrogen and oxygen atoms in total. The van der Waals surface area contributed by atoms with Crippen molar-refractivity contribution >= 4 is 28.7 Å². The van der Waals surface area contributed by atoms with Crippen molar-refractivity contribution in [1.82, 2.24) is 0 Å². The Morgan fingerprint density at radius 2 is 0.484 bits per heavy atom. The molecular formula is C90H69N. The smallest absolute Gasteiger partial charge is 0.0462 e. The molecule has 91 heavy (non-hydrogen) atoms. The first-order valence-electron chi connectivity index (χ1n) is 31.7. The van der Waals surface area contributed by atoms with Gasteiger partial charge in [0.25, 0.3) is 0 Å². The summed E-state index contributed by atoms with van der Waals surface area (Å²) in [5.74, 6) is 0.423. The number of nitrogens with zero attached hydrogens (tertiary/aromatic N) is 1. The molecule has 0 bridgehead atoms. The van der Waals surface area contributed by atoms with E-state index in [-0.39, 0.29) is 11.8 Å². The van der Waals surface area contributed by atoms with E-state index in [9.17, 15) is 0 Å². The number of benzene rings is 14. The summed E-state index contributed by atoms with van der Waals surface area (Å²) in [6.45, 7) is 0. The lowest BCUT2D eigenvalue weighted by Crippen LogP contribution is -2.09. The zero-order valence-corrected chi connectivity index (χ0v) is 50.9. The first-order valence-corrected chi connectivity index (χ1v) is 31.7. The largest absolute Gasteiger partial charge is 0.311 e. The maximum atomic E-state index is 2.33. The van der Waals surface area contributed by atoms with E-state index in [1.54, 1.807) is 0 Å². The molecule has 0 spiro atoms. The third-order valence-electron chi connectivity index (χ3n) is 17.8. The Morgan fingerprint density at radius 1 is 0.220 bits per heavy atom. The van der Waals surface area contributed by atoms with Gasteiger partial charge in [-0.15, -0.1) is 0 Å². The third kappa shape index (κ3) is 13.5. The zero-order valence-electron chi connectivity index (χ0n) is 50.9. The van der Waals surface area contributed by atoms with E-state index in [0.29, 0.717) is 0 Å². The van der Waals surface area contributed by atoms with Crippen LogP contribution in [0.4, 0.5) is 17.1 Å². The molecule has 0 saturated carbocycles. The third-order valence-corrected chi connectivity index (χ3v) is 17.8. The summed E-state index contributed by atoms with van der Waals surface area (Å²) in [6.07, 6.45) is 4.14. The van der Waals surface area contributed by atoms with E-state index < -0.39 is 0 Å². The Morgan fingerprint density at radius 3 is 0.890 bits per heavy atom. The minimum atomic E-state index is 0.194. The van der Waals surface area contributed by atoms with Crippen LogP contribution in [0.1, 0.15) is 61.9 Å². The van der Waals surface area contributed by atoms with Crippen molar-refractivity contribution in [2.75, 3.05) is 4.90 Å². The van der Waals surface area contributed by atoms with Gasteiger partial charge >= 0.3 is 0 Å². The van der Waals surface area contributed by atoms with Crippen molar-refractivity contribution in [3.8, 4) is 55.6 Å². The highest BCUT2D eigenvalue weighted by molar-refractivity contribution is 5.92. The molecule has 0 aliphatic rings. The van der Waals surface area contributed by atoms with E-state index >= 15 is 0 Å². The van der Waals surface area contributed by atoms with Gasteiger partial charge in [-0.2, -0.15) is 0 Å². The molecule has 0 saturated heterocycles.